The van der Waals surface area contributed by atoms with Crippen LogP contribution in [0.25, 0.3) is 22.3 Å². The highest BCUT2D eigenvalue weighted by Crippen LogP contribution is 2.36. The lowest BCUT2D eigenvalue weighted by Crippen LogP contribution is -2.10. The van der Waals surface area contributed by atoms with E-state index in [2.05, 4.69) is 0 Å². The van der Waals surface area contributed by atoms with Gasteiger partial charge in [0.05, 0.1) is 20.3 Å². The minimum absolute atomic E-state index is 0.197. The van der Waals surface area contributed by atoms with Gasteiger partial charge < -0.3 is 23.4 Å². The van der Waals surface area contributed by atoms with Crippen LogP contribution in [0.4, 0.5) is 4.79 Å². The summed E-state index contributed by atoms with van der Waals surface area (Å²) in [5, 5.41) is 0.478. The number of hydrogen-bond donors (Lipinski definition) is 0. The van der Waals surface area contributed by atoms with Crippen molar-refractivity contribution in [3.8, 4) is 22.8 Å². The van der Waals surface area contributed by atoms with E-state index < -0.39 is 12.1 Å². The van der Waals surface area contributed by atoms with Gasteiger partial charge >= 0.3 is 12.1 Å². The van der Waals surface area contributed by atoms with Gasteiger partial charge in [-0.05, 0) is 56.3 Å². The van der Waals surface area contributed by atoms with Crippen molar-refractivity contribution in [3.63, 3.8) is 0 Å². The highest BCUT2D eigenvalue weighted by atomic mass is 16.7. The molecule has 2 aromatic carbocycles. The molecule has 28 heavy (non-hydrogen) atoms. The third-order valence-corrected chi connectivity index (χ3v) is 3.95. The fourth-order valence-electron chi connectivity index (χ4n) is 2.74. The van der Waals surface area contributed by atoms with Gasteiger partial charge in [-0.2, -0.15) is 0 Å². The Bertz CT molecular complexity index is 986. The lowest BCUT2D eigenvalue weighted by Gasteiger charge is -2.05. The van der Waals surface area contributed by atoms with Crippen LogP contribution in [-0.2, 0) is 9.47 Å². The van der Waals surface area contributed by atoms with Crippen LogP contribution in [0.3, 0.4) is 0 Å². The molecule has 146 valence electrons. The zero-order chi connectivity index (χ0) is 20.1. The van der Waals surface area contributed by atoms with Crippen molar-refractivity contribution in [2.75, 3.05) is 20.3 Å². The number of ether oxygens (including phenoxy) is 4. The second-order valence-electron chi connectivity index (χ2n) is 5.70. The van der Waals surface area contributed by atoms with Gasteiger partial charge in [-0.3, -0.25) is 0 Å². The van der Waals surface area contributed by atoms with Gasteiger partial charge in [0.15, 0.2) is 0 Å². The molecule has 1 heterocycles. The Hall–Kier alpha value is -3.48. The first-order valence-electron chi connectivity index (χ1n) is 8.80. The number of furan rings is 1. The maximum Gasteiger partial charge on any atom is 0.513 e. The zero-order valence-corrected chi connectivity index (χ0v) is 15.8. The molecule has 0 radical (unpaired) electrons. The molecule has 7 nitrogen and oxygen atoms in total. The number of hydrogen-bond acceptors (Lipinski definition) is 7. The lowest BCUT2D eigenvalue weighted by molar-refractivity contribution is 0.0528. The molecule has 0 bridgehead atoms. The van der Waals surface area contributed by atoms with Gasteiger partial charge in [-0.25, -0.2) is 9.59 Å². The molecular weight excluding hydrogens is 364 g/mol. The maximum atomic E-state index is 12.6. The van der Waals surface area contributed by atoms with Gasteiger partial charge in [-0.15, -0.1) is 0 Å². The average molecular weight is 384 g/mol. The van der Waals surface area contributed by atoms with Gasteiger partial charge in [0.2, 0.25) is 0 Å². The van der Waals surface area contributed by atoms with E-state index in [1.807, 2.05) is 0 Å². The number of esters is 1. The Kier molecular flexibility index (Phi) is 5.84. The molecule has 0 aliphatic carbocycles. The van der Waals surface area contributed by atoms with Crippen LogP contribution >= 0.6 is 0 Å². The molecule has 0 unspecified atom stereocenters. The van der Waals surface area contributed by atoms with Crippen molar-refractivity contribution in [1.29, 1.82) is 0 Å². The van der Waals surface area contributed by atoms with Crippen LogP contribution in [-0.4, -0.2) is 32.4 Å². The minimum atomic E-state index is -0.821. The first-order chi connectivity index (χ1) is 13.6. The van der Waals surface area contributed by atoms with Crippen molar-refractivity contribution in [3.05, 3.63) is 48.0 Å². The van der Waals surface area contributed by atoms with Crippen molar-refractivity contribution >= 4 is 23.1 Å². The van der Waals surface area contributed by atoms with E-state index in [0.717, 1.165) is 0 Å². The van der Waals surface area contributed by atoms with E-state index in [4.69, 9.17) is 23.4 Å². The fourth-order valence-corrected chi connectivity index (χ4v) is 2.74. The van der Waals surface area contributed by atoms with Gasteiger partial charge in [0, 0.05) is 10.9 Å². The Morgan fingerprint density at radius 3 is 2.25 bits per heavy atom. The summed E-state index contributed by atoms with van der Waals surface area (Å²) in [6.45, 7) is 3.82. The van der Waals surface area contributed by atoms with Crippen LogP contribution < -0.4 is 9.47 Å². The van der Waals surface area contributed by atoms with Gasteiger partial charge in [0.25, 0.3) is 0 Å². The quantitative estimate of drug-likeness (QED) is 0.445. The highest BCUT2D eigenvalue weighted by Gasteiger charge is 2.24. The van der Waals surface area contributed by atoms with E-state index in [-0.39, 0.29) is 24.5 Å². The fraction of sp³-hybridized carbons (Fsp3) is 0.238. The summed E-state index contributed by atoms with van der Waals surface area (Å²) in [6, 6.07) is 11.9. The normalized spacial score (nSPS) is 10.5. The van der Waals surface area contributed by atoms with Crippen molar-refractivity contribution in [1.82, 2.24) is 0 Å². The highest BCUT2D eigenvalue weighted by molar-refractivity contribution is 6.09. The van der Waals surface area contributed by atoms with Crippen LogP contribution in [0.15, 0.2) is 46.9 Å². The number of methoxy groups -OCH3 is 1. The molecule has 0 fully saturated rings. The summed E-state index contributed by atoms with van der Waals surface area (Å²) in [5.41, 5.74) is 1.41. The van der Waals surface area contributed by atoms with Crippen LogP contribution in [0.5, 0.6) is 11.5 Å². The van der Waals surface area contributed by atoms with Gasteiger partial charge in [0.1, 0.15) is 28.4 Å². The summed E-state index contributed by atoms with van der Waals surface area (Å²) in [7, 11) is 1.57. The summed E-state index contributed by atoms with van der Waals surface area (Å²) in [6.07, 6.45) is -0.821. The smallest absolute Gasteiger partial charge is 0.497 e. The number of carbonyl (C=O) groups is 2. The molecule has 0 saturated heterocycles. The molecule has 0 atom stereocenters. The molecular formula is C21H20O7. The SMILES string of the molecule is CCOC(=O)Oc1ccc2oc(-c3ccc(OC)cc3)c(C(=O)OCC)c2c1. The monoisotopic (exact) mass is 384 g/mol. The van der Waals surface area contributed by atoms with Crippen LogP contribution in [0.2, 0.25) is 0 Å². The zero-order valence-electron chi connectivity index (χ0n) is 15.8. The number of rotatable bonds is 6. The molecule has 3 rings (SSSR count). The Morgan fingerprint density at radius 1 is 0.929 bits per heavy atom. The molecule has 0 aliphatic rings. The molecule has 0 aliphatic heterocycles. The first-order valence-corrected chi connectivity index (χ1v) is 8.80. The van der Waals surface area contributed by atoms with Gasteiger partial charge in [-0.1, -0.05) is 0 Å². The summed E-state index contributed by atoms with van der Waals surface area (Å²) < 4.78 is 26.2. The summed E-state index contributed by atoms with van der Waals surface area (Å²) in [5.74, 6) is 0.756. The Labute approximate surface area is 161 Å². The molecule has 7 heteroatoms. The molecule has 0 spiro atoms. The summed E-state index contributed by atoms with van der Waals surface area (Å²) >= 11 is 0. The number of carbonyl (C=O) groups excluding carboxylic acids is 2. The Morgan fingerprint density at radius 2 is 1.61 bits per heavy atom. The van der Waals surface area contributed by atoms with Crippen LogP contribution in [0.1, 0.15) is 24.2 Å². The molecule has 1 aromatic heterocycles. The second-order valence-corrected chi connectivity index (χ2v) is 5.70. The average Bonchev–Trinajstić information content (AvgIpc) is 3.07. The molecule has 3 aromatic rings. The predicted octanol–water partition coefficient (Wildman–Crippen LogP) is 4.82. The van der Waals surface area contributed by atoms with Crippen molar-refractivity contribution in [2.45, 2.75) is 13.8 Å². The number of benzene rings is 2. The van der Waals surface area contributed by atoms with Crippen molar-refractivity contribution < 1.29 is 33.0 Å². The summed E-state index contributed by atoms with van der Waals surface area (Å²) in [4.78, 5) is 24.2. The van der Waals surface area contributed by atoms with E-state index in [0.29, 0.717) is 28.0 Å². The van der Waals surface area contributed by atoms with E-state index in [1.165, 1.54) is 0 Å². The molecule has 0 N–H and O–H groups in total. The number of fused-ring (bicyclic) bond motifs is 1. The third-order valence-electron chi connectivity index (χ3n) is 3.95. The second kappa shape index (κ2) is 8.47. The van der Waals surface area contributed by atoms with E-state index >= 15 is 0 Å². The van der Waals surface area contributed by atoms with E-state index in [1.54, 1.807) is 63.4 Å². The largest absolute Gasteiger partial charge is 0.513 e. The topological polar surface area (TPSA) is 84.2 Å². The Balaban J connectivity index is 2.10. The maximum absolute atomic E-state index is 12.6. The first kappa shape index (κ1) is 19.3. The third kappa shape index (κ3) is 3.93. The lowest BCUT2D eigenvalue weighted by atomic mass is 10.1. The standard InChI is InChI=1S/C21H20O7/c1-4-25-20(22)18-16-12-15(27-21(23)26-5-2)10-11-17(16)28-19(18)13-6-8-14(24-3)9-7-13/h6-12H,4-5H2,1-3H3. The molecule has 0 amide bonds. The predicted molar refractivity (Wildman–Crippen MR) is 102 cm³/mol. The minimum Gasteiger partial charge on any atom is -0.497 e. The van der Waals surface area contributed by atoms with Crippen molar-refractivity contribution in [2.24, 2.45) is 0 Å². The van der Waals surface area contributed by atoms with Crippen LogP contribution in [0, 0.1) is 0 Å². The van der Waals surface area contributed by atoms with E-state index in [9.17, 15) is 9.59 Å². The molecule has 0 saturated carbocycles.